The number of hydrogen-bond acceptors (Lipinski definition) is 5. The Bertz CT molecular complexity index is 1070. The van der Waals surface area contributed by atoms with Gasteiger partial charge in [0.25, 0.3) is 5.56 Å². The summed E-state index contributed by atoms with van der Waals surface area (Å²) in [6, 6.07) is 13.9. The minimum Gasteiger partial charge on any atom is -0.311 e. The topological polar surface area (TPSA) is 76.5 Å². The summed E-state index contributed by atoms with van der Waals surface area (Å²) in [6.07, 6.45) is 3.18. The van der Waals surface area contributed by atoms with Crippen LogP contribution in [-0.4, -0.2) is 24.5 Å². The molecule has 0 aliphatic rings. The summed E-state index contributed by atoms with van der Waals surface area (Å²) in [5.74, 6) is 0.661. The molecular weight excluding hydrogens is 334 g/mol. The van der Waals surface area contributed by atoms with Crippen LogP contribution in [0.4, 0.5) is 0 Å². The van der Waals surface area contributed by atoms with Gasteiger partial charge < -0.3 is 4.98 Å². The monoisotopic (exact) mass is 349 g/mol. The van der Waals surface area contributed by atoms with Crippen molar-refractivity contribution in [1.29, 1.82) is 0 Å². The molecule has 1 N–H and O–H groups in total. The summed E-state index contributed by atoms with van der Waals surface area (Å²) in [5, 5.41) is 0.716. The van der Waals surface area contributed by atoms with E-state index in [1.807, 2.05) is 54.0 Å². The molecule has 0 bridgehead atoms. The summed E-state index contributed by atoms with van der Waals surface area (Å²) >= 11 is 1.53. The molecule has 0 saturated heterocycles. The van der Waals surface area contributed by atoms with Crippen LogP contribution in [0.15, 0.2) is 64.9 Å². The van der Waals surface area contributed by atoms with E-state index in [2.05, 4.69) is 19.9 Å². The van der Waals surface area contributed by atoms with Crippen molar-refractivity contribution in [1.82, 2.24) is 24.5 Å². The lowest BCUT2D eigenvalue weighted by Gasteiger charge is -2.08. The summed E-state index contributed by atoms with van der Waals surface area (Å²) in [6.45, 7) is 2.04. The van der Waals surface area contributed by atoms with Gasteiger partial charge in [0, 0.05) is 17.6 Å². The Balaban J connectivity index is 1.82. The van der Waals surface area contributed by atoms with Crippen LogP contribution in [0.3, 0.4) is 0 Å². The van der Waals surface area contributed by atoms with Gasteiger partial charge in [0.2, 0.25) is 0 Å². The van der Waals surface area contributed by atoms with Gasteiger partial charge in [-0.1, -0.05) is 35.5 Å². The molecule has 0 fully saturated rings. The molecule has 7 heteroatoms. The van der Waals surface area contributed by atoms with E-state index in [1.165, 1.54) is 23.7 Å². The number of nitrogens with zero attached hydrogens (tertiary/aromatic N) is 4. The molecule has 3 heterocycles. The molecule has 0 atom stereocenters. The van der Waals surface area contributed by atoms with Crippen LogP contribution in [-0.2, 0) is 5.75 Å². The molecule has 6 nitrogen and oxygen atoms in total. The van der Waals surface area contributed by atoms with E-state index in [0.29, 0.717) is 22.1 Å². The zero-order chi connectivity index (χ0) is 17.2. The molecule has 0 unspecified atom stereocenters. The normalized spacial score (nSPS) is 11.1. The first-order valence-electron chi connectivity index (χ1n) is 7.78. The molecule has 0 spiro atoms. The highest BCUT2D eigenvalue weighted by Crippen LogP contribution is 2.27. The number of H-pyrrole nitrogens is 1. The fourth-order valence-corrected chi connectivity index (χ4v) is 3.45. The van der Waals surface area contributed by atoms with Crippen molar-refractivity contribution >= 4 is 22.9 Å². The average Bonchev–Trinajstić information content (AvgIpc) is 3.01. The maximum Gasteiger partial charge on any atom is 0.278 e. The van der Waals surface area contributed by atoms with E-state index >= 15 is 0 Å². The maximum atomic E-state index is 12.1. The van der Waals surface area contributed by atoms with E-state index in [0.717, 1.165) is 11.4 Å². The number of rotatable bonds is 4. The summed E-state index contributed by atoms with van der Waals surface area (Å²) in [5.41, 5.74) is 3.70. The Labute approximate surface area is 148 Å². The van der Waals surface area contributed by atoms with E-state index in [1.54, 1.807) is 6.20 Å². The van der Waals surface area contributed by atoms with Crippen molar-refractivity contribution in [2.24, 2.45) is 0 Å². The lowest BCUT2D eigenvalue weighted by atomic mass is 10.2. The average molecular weight is 349 g/mol. The largest absolute Gasteiger partial charge is 0.311 e. The smallest absolute Gasteiger partial charge is 0.278 e. The van der Waals surface area contributed by atoms with Gasteiger partial charge in [-0.2, -0.15) is 0 Å². The van der Waals surface area contributed by atoms with E-state index < -0.39 is 0 Å². The first kappa shape index (κ1) is 15.6. The Kier molecular flexibility index (Phi) is 4.07. The highest BCUT2D eigenvalue weighted by Gasteiger charge is 2.16. The molecule has 0 amide bonds. The minimum absolute atomic E-state index is 0.240. The molecule has 4 rings (SSSR count). The zero-order valence-corrected chi connectivity index (χ0v) is 14.3. The van der Waals surface area contributed by atoms with Gasteiger partial charge >= 0.3 is 0 Å². The molecule has 0 aliphatic heterocycles. The first-order chi connectivity index (χ1) is 12.2. The second kappa shape index (κ2) is 6.52. The molecule has 25 heavy (non-hydrogen) atoms. The zero-order valence-electron chi connectivity index (χ0n) is 13.5. The molecular formula is C18H15N5OS. The van der Waals surface area contributed by atoms with E-state index in [4.69, 9.17) is 0 Å². The quantitative estimate of drug-likeness (QED) is 0.573. The Morgan fingerprint density at radius 2 is 1.96 bits per heavy atom. The fourth-order valence-electron chi connectivity index (χ4n) is 2.53. The third kappa shape index (κ3) is 3.06. The predicted molar refractivity (Wildman–Crippen MR) is 98.0 cm³/mol. The van der Waals surface area contributed by atoms with Crippen LogP contribution in [0, 0.1) is 6.92 Å². The van der Waals surface area contributed by atoms with E-state index in [9.17, 15) is 4.79 Å². The first-order valence-corrected chi connectivity index (χ1v) is 8.77. The van der Waals surface area contributed by atoms with Crippen molar-refractivity contribution < 1.29 is 0 Å². The van der Waals surface area contributed by atoms with Crippen molar-refractivity contribution in [3.63, 3.8) is 0 Å². The van der Waals surface area contributed by atoms with Crippen molar-refractivity contribution in [2.45, 2.75) is 17.8 Å². The summed E-state index contributed by atoms with van der Waals surface area (Å²) < 4.78 is 1.91. The van der Waals surface area contributed by atoms with Crippen molar-refractivity contribution in [2.75, 3.05) is 0 Å². The number of aromatic nitrogens is 5. The van der Waals surface area contributed by atoms with Crippen LogP contribution >= 0.6 is 11.8 Å². The number of aryl methyl sites for hydroxylation is 1. The van der Waals surface area contributed by atoms with Crippen LogP contribution in [0.1, 0.15) is 11.3 Å². The Morgan fingerprint density at radius 1 is 1.12 bits per heavy atom. The standard InChI is InChI=1S/C18H15N5OS/c1-12-5-7-14(8-6-12)23-16-15(17(24)21-11-20-16)22-18(23)25-10-13-4-2-3-9-19-13/h2-9,11H,10H2,1H3,(H,20,21,24). The third-order valence-electron chi connectivity index (χ3n) is 3.79. The molecule has 0 radical (unpaired) electrons. The lowest BCUT2D eigenvalue weighted by Crippen LogP contribution is -2.07. The van der Waals surface area contributed by atoms with Gasteiger partial charge in [0.05, 0.1) is 12.0 Å². The Hall–Kier alpha value is -2.93. The van der Waals surface area contributed by atoms with E-state index in [-0.39, 0.29) is 5.56 Å². The number of nitrogens with one attached hydrogen (secondary N) is 1. The maximum absolute atomic E-state index is 12.1. The number of aromatic amines is 1. The molecule has 0 aliphatic carbocycles. The second-order valence-corrected chi connectivity index (χ2v) is 6.52. The SMILES string of the molecule is Cc1ccc(-n2c(SCc3ccccn3)nc3c(=O)[nH]cnc32)cc1. The number of hydrogen-bond donors (Lipinski definition) is 1. The Morgan fingerprint density at radius 3 is 2.72 bits per heavy atom. The number of pyridine rings is 1. The van der Waals surface area contributed by atoms with Crippen LogP contribution < -0.4 is 5.56 Å². The third-order valence-corrected chi connectivity index (χ3v) is 4.76. The number of imidazole rings is 1. The minimum atomic E-state index is -0.240. The van der Waals surface area contributed by atoms with Crippen LogP contribution in [0.2, 0.25) is 0 Å². The molecule has 124 valence electrons. The van der Waals surface area contributed by atoms with Crippen molar-refractivity contribution in [3.05, 3.63) is 76.6 Å². The summed E-state index contributed by atoms with van der Waals surface area (Å²) in [7, 11) is 0. The fraction of sp³-hybridized carbons (Fsp3) is 0.111. The van der Waals surface area contributed by atoms with Crippen molar-refractivity contribution in [3.8, 4) is 5.69 Å². The highest BCUT2D eigenvalue weighted by molar-refractivity contribution is 7.98. The number of thioether (sulfide) groups is 1. The number of fused-ring (bicyclic) bond motifs is 1. The lowest BCUT2D eigenvalue weighted by molar-refractivity contribution is 0.906. The summed E-state index contributed by atoms with van der Waals surface area (Å²) in [4.78, 5) is 27.9. The molecule has 0 saturated carbocycles. The molecule has 3 aromatic heterocycles. The van der Waals surface area contributed by atoms with Gasteiger partial charge in [-0.3, -0.25) is 14.3 Å². The van der Waals surface area contributed by atoms with Crippen LogP contribution in [0.25, 0.3) is 16.9 Å². The van der Waals surface area contributed by atoms with Gasteiger partial charge in [-0.05, 0) is 31.2 Å². The van der Waals surface area contributed by atoms with Gasteiger partial charge in [0.15, 0.2) is 16.3 Å². The van der Waals surface area contributed by atoms with Gasteiger partial charge in [-0.15, -0.1) is 0 Å². The molecule has 1 aromatic carbocycles. The highest BCUT2D eigenvalue weighted by atomic mass is 32.2. The number of benzene rings is 1. The molecule has 4 aromatic rings. The van der Waals surface area contributed by atoms with Gasteiger partial charge in [-0.25, -0.2) is 9.97 Å². The predicted octanol–water partition coefficient (Wildman–Crippen LogP) is 3.10. The van der Waals surface area contributed by atoms with Gasteiger partial charge in [0.1, 0.15) is 0 Å². The van der Waals surface area contributed by atoms with Crippen LogP contribution in [0.5, 0.6) is 0 Å². The second-order valence-electron chi connectivity index (χ2n) is 5.58.